The number of nitrogens with zero attached hydrogens (tertiary/aromatic N) is 3. The minimum absolute atomic E-state index is 0.197. The fraction of sp³-hybridized carbons (Fsp3) is 0.857. The maximum Gasteiger partial charge on any atom is 0.435 e. The van der Waals surface area contributed by atoms with Crippen molar-refractivity contribution in [2.75, 3.05) is 53.6 Å². The molecule has 0 bridgehead atoms. The van der Waals surface area contributed by atoms with E-state index in [1.54, 1.807) is 0 Å². The zero-order chi connectivity index (χ0) is 15.0. The van der Waals surface area contributed by atoms with Crippen LogP contribution in [0.2, 0.25) is 0 Å². The van der Waals surface area contributed by atoms with Crippen molar-refractivity contribution in [2.45, 2.75) is 20.3 Å². The summed E-state index contributed by atoms with van der Waals surface area (Å²) in [7, 11) is 3.99. The van der Waals surface area contributed by atoms with Crippen molar-refractivity contribution in [1.29, 1.82) is 0 Å². The van der Waals surface area contributed by atoms with Crippen molar-refractivity contribution in [3.63, 3.8) is 0 Å². The van der Waals surface area contributed by atoms with Gasteiger partial charge in [0.25, 0.3) is 0 Å². The highest BCUT2D eigenvalue weighted by Gasteiger charge is 2.19. The highest BCUT2D eigenvalue weighted by molar-refractivity contribution is 5.93. The zero-order valence-electron chi connectivity index (χ0n) is 13.1. The molecular formula is C14H27N3O3. The summed E-state index contributed by atoms with van der Waals surface area (Å²) >= 11 is 0. The van der Waals surface area contributed by atoms with E-state index in [-0.39, 0.29) is 5.92 Å². The molecule has 6 nitrogen and oxygen atoms in total. The molecule has 0 spiro atoms. The monoisotopic (exact) mass is 285 g/mol. The van der Waals surface area contributed by atoms with Gasteiger partial charge in [-0.05, 0) is 20.5 Å². The molecule has 0 aromatic carbocycles. The van der Waals surface area contributed by atoms with E-state index >= 15 is 0 Å². The van der Waals surface area contributed by atoms with Gasteiger partial charge in [0.15, 0.2) is 0 Å². The normalized spacial score (nSPS) is 16.9. The number of carbonyl (C=O) groups is 1. The smallest absolute Gasteiger partial charge is 0.435 e. The van der Waals surface area contributed by atoms with Crippen molar-refractivity contribution in [3.05, 3.63) is 0 Å². The Balaban J connectivity index is 2.46. The van der Waals surface area contributed by atoms with Gasteiger partial charge in [0.2, 0.25) is 0 Å². The molecule has 1 aliphatic heterocycles. The molecule has 0 atom stereocenters. The third-order valence-corrected chi connectivity index (χ3v) is 3.03. The van der Waals surface area contributed by atoms with Crippen LogP contribution in [0.25, 0.3) is 0 Å². The lowest BCUT2D eigenvalue weighted by Crippen LogP contribution is -2.43. The number of hydrogen-bond acceptors (Lipinski definition) is 4. The summed E-state index contributed by atoms with van der Waals surface area (Å²) in [4.78, 5) is 20.1. The fourth-order valence-corrected chi connectivity index (χ4v) is 2.02. The predicted octanol–water partition coefficient (Wildman–Crippen LogP) is 1.46. The van der Waals surface area contributed by atoms with Crippen LogP contribution in [0.15, 0.2) is 4.99 Å². The number of amidine groups is 1. The largest absolute Gasteiger partial charge is 0.448 e. The third kappa shape index (κ3) is 6.34. The molecule has 0 aliphatic carbocycles. The van der Waals surface area contributed by atoms with Gasteiger partial charge in [-0.25, -0.2) is 4.79 Å². The Morgan fingerprint density at radius 2 is 2.00 bits per heavy atom. The summed E-state index contributed by atoms with van der Waals surface area (Å²) in [5, 5.41) is 0. The van der Waals surface area contributed by atoms with E-state index in [1.165, 1.54) is 0 Å². The van der Waals surface area contributed by atoms with Gasteiger partial charge in [-0.15, -0.1) is 0 Å². The Bertz CT molecular complexity index is 324. The maximum atomic E-state index is 11.8. The Labute approximate surface area is 121 Å². The van der Waals surface area contributed by atoms with E-state index in [9.17, 15) is 4.79 Å². The van der Waals surface area contributed by atoms with Gasteiger partial charge in [0, 0.05) is 25.6 Å². The first-order valence-corrected chi connectivity index (χ1v) is 7.23. The number of carbonyl (C=O) groups excluding carboxylic acids is 1. The SMILES string of the molecule is CC(C)/C(=N/C(=O)OCCCN(C)C)N1CCOCC1. The topological polar surface area (TPSA) is 54.4 Å². The van der Waals surface area contributed by atoms with Gasteiger partial charge in [0.05, 0.1) is 19.8 Å². The van der Waals surface area contributed by atoms with E-state index in [0.717, 1.165) is 31.9 Å². The lowest BCUT2D eigenvalue weighted by atomic mass is 10.1. The van der Waals surface area contributed by atoms with Crippen molar-refractivity contribution < 1.29 is 14.3 Å². The quantitative estimate of drug-likeness (QED) is 0.435. The van der Waals surface area contributed by atoms with Gasteiger partial charge in [-0.3, -0.25) is 0 Å². The Morgan fingerprint density at radius 1 is 1.35 bits per heavy atom. The molecule has 116 valence electrons. The van der Waals surface area contributed by atoms with Crippen LogP contribution in [0.5, 0.6) is 0 Å². The molecule has 0 aromatic rings. The molecule has 1 saturated heterocycles. The highest BCUT2D eigenvalue weighted by Crippen LogP contribution is 2.08. The zero-order valence-corrected chi connectivity index (χ0v) is 13.1. The Morgan fingerprint density at radius 3 is 2.55 bits per heavy atom. The summed E-state index contributed by atoms with van der Waals surface area (Å²) in [6.07, 6.45) is 0.335. The summed E-state index contributed by atoms with van der Waals surface area (Å²) in [5.41, 5.74) is 0. The van der Waals surface area contributed by atoms with Crippen molar-refractivity contribution in [1.82, 2.24) is 9.80 Å². The van der Waals surface area contributed by atoms with Crippen LogP contribution in [0, 0.1) is 5.92 Å². The summed E-state index contributed by atoms with van der Waals surface area (Å²) in [5.74, 6) is 0.994. The predicted molar refractivity (Wildman–Crippen MR) is 79.2 cm³/mol. The molecule has 1 fully saturated rings. The average Bonchev–Trinajstić information content (AvgIpc) is 2.41. The molecule has 0 radical (unpaired) electrons. The van der Waals surface area contributed by atoms with Crippen LogP contribution in [0.4, 0.5) is 4.79 Å². The number of morpholine rings is 1. The second-order valence-corrected chi connectivity index (χ2v) is 5.50. The van der Waals surface area contributed by atoms with E-state index in [4.69, 9.17) is 9.47 Å². The molecule has 20 heavy (non-hydrogen) atoms. The number of rotatable bonds is 5. The first-order chi connectivity index (χ1) is 9.50. The Kier molecular flexibility index (Phi) is 7.54. The second kappa shape index (κ2) is 8.92. The highest BCUT2D eigenvalue weighted by atomic mass is 16.5. The lowest BCUT2D eigenvalue weighted by molar-refractivity contribution is 0.0659. The number of hydrogen-bond donors (Lipinski definition) is 0. The van der Waals surface area contributed by atoms with E-state index in [1.807, 2.05) is 27.9 Å². The molecule has 0 aromatic heterocycles. The summed E-state index contributed by atoms with van der Waals surface area (Å²) in [6.45, 7) is 8.32. The number of aliphatic imine (C=N–C) groups is 1. The summed E-state index contributed by atoms with van der Waals surface area (Å²) in [6, 6.07) is 0. The molecule has 1 rings (SSSR count). The third-order valence-electron chi connectivity index (χ3n) is 3.03. The molecular weight excluding hydrogens is 258 g/mol. The minimum Gasteiger partial charge on any atom is -0.448 e. The van der Waals surface area contributed by atoms with Crippen LogP contribution < -0.4 is 0 Å². The van der Waals surface area contributed by atoms with Crippen LogP contribution in [-0.4, -0.2) is 75.3 Å². The summed E-state index contributed by atoms with van der Waals surface area (Å²) < 4.78 is 10.5. The van der Waals surface area contributed by atoms with E-state index < -0.39 is 6.09 Å². The lowest BCUT2D eigenvalue weighted by Gasteiger charge is -2.31. The minimum atomic E-state index is -0.487. The van der Waals surface area contributed by atoms with Gasteiger partial charge >= 0.3 is 6.09 Å². The Hall–Kier alpha value is -1.14. The maximum absolute atomic E-state index is 11.8. The molecule has 0 unspecified atom stereocenters. The number of ether oxygens (including phenoxy) is 2. The van der Waals surface area contributed by atoms with Crippen LogP contribution in [0.3, 0.4) is 0 Å². The molecule has 1 aliphatic rings. The first-order valence-electron chi connectivity index (χ1n) is 7.23. The molecule has 0 N–H and O–H groups in total. The van der Waals surface area contributed by atoms with E-state index in [0.29, 0.717) is 19.8 Å². The van der Waals surface area contributed by atoms with Gasteiger partial charge < -0.3 is 19.3 Å². The standard InChI is InChI=1S/C14H27N3O3/c1-12(2)13(17-7-10-19-11-8-17)15-14(18)20-9-5-6-16(3)4/h12H,5-11H2,1-4H3/b15-13-. The molecule has 1 amide bonds. The molecule has 1 heterocycles. The van der Waals surface area contributed by atoms with Crippen LogP contribution >= 0.6 is 0 Å². The second-order valence-electron chi connectivity index (χ2n) is 5.50. The van der Waals surface area contributed by atoms with Crippen molar-refractivity contribution in [2.24, 2.45) is 10.9 Å². The fourth-order valence-electron chi connectivity index (χ4n) is 2.02. The molecule has 6 heteroatoms. The van der Waals surface area contributed by atoms with Crippen LogP contribution in [0.1, 0.15) is 20.3 Å². The number of amides is 1. The molecule has 0 saturated carbocycles. The van der Waals surface area contributed by atoms with E-state index in [2.05, 4.69) is 14.8 Å². The van der Waals surface area contributed by atoms with Crippen molar-refractivity contribution >= 4 is 11.9 Å². The van der Waals surface area contributed by atoms with Gasteiger partial charge in [0.1, 0.15) is 5.84 Å². The first kappa shape index (κ1) is 16.9. The average molecular weight is 285 g/mol. The van der Waals surface area contributed by atoms with Gasteiger partial charge in [-0.1, -0.05) is 13.8 Å². The van der Waals surface area contributed by atoms with Crippen molar-refractivity contribution in [3.8, 4) is 0 Å². The van der Waals surface area contributed by atoms with Crippen LogP contribution in [-0.2, 0) is 9.47 Å². The van der Waals surface area contributed by atoms with Gasteiger partial charge in [-0.2, -0.15) is 4.99 Å².